The van der Waals surface area contributed by atoms with E-state index in [0.717, 1.165) is 0 Å². The lowest BCUT2D eigenvalue weighted by atomic mass is 9.76. The van der Waals surface area contributed by atoms with Crippen LogP contribution in [0.15, 0.2) is 48.6 Å². The van der Waals surface area contributed by atoms with Gasteiger partial charge in [0.15, 0.2) is 11.6 Å². The molecule has 0 aromatic carbocycles. The van der Waals surface area contributed by atoms with Gasteiger partial charge in [0.05, 0.1) is 36.6 Å². The summed E-state index contributed by atoms with van der Waals surface area (Å²) in [5.41, 5.74) is 0. The molecule has 0 spiro atoms. The third-order valence-corrected chi connectivity index (χ3v) is 12.5. The van der Waals surface area contributed by atoms with Crippen LogP contribution in [0.2, 0.25) is 0 Å². The minimum absolute atomic E-state index is 0.0633. The van der Waals surface area contributed by atoms with E-state index in [1.165, 1.54) is 24.3 Å². The van der Waals surface area contributed by atoms with Crippen LogP contribution < -0.4 is 0 Å². The highest BCUT2D eigenvalue weighted by Crippen LogP contribution is 2.42. The molecule has 3 aliphatic heterocycles. The van der Waals surface area contributed by atoms with Crippen molar-refractivity contribution in [1.29, 1.82) is 0 Å². The Balaban J connectivity index is 1.81. The zero-order valence-corrected chi connectivity index (χ0v) is 33.8. The topological polar surface area (TPSA) is 192 Å². The van der Waals surface area contributed by atoms with Gasteiger partial charge in [0.2, 0.25) is 0 Å². The van der Waals surface area contributed by atoms with Gasteiger partial charge in [-0.3, -0.25) is 0 Å². The third-order valence-electron chi connectivity index (χ3n) is 12.5. The Bertz CT molecular complexity index is 1220. The predicted molar refractivity (Wildman–Crippen MR) is 203 cm³/mol. The minimum Gasteiger partial charge on any atom is -0.458 e. The number of allylic oxidation sites excluding steroid dienone is 4. The molecule has 3 heterocycles. The first-order valence-corrected chi connectivity index (χ1v) is 19.8. The van der Waals surface area contributed by atoms with Gasteiger partial charge in [-0.2, -0.15) is 0 Å². The Morgan fingerprint density at radius 2 is 0.981 bits per heavy atom. The Morgan fingerprint density at radius 1 is 0.648 bits per heavy atom. The van der Waals surface area contributed by atoms with Crippen LogP contribution in [-0.4, -0.2) is 103 Å². The van der Waals surface area contributed by atoms with Gasteiger partial charge in [-0.15, -0.1) is 0 Å². The molecule has 12 heteroatoms. The van der Waals surface area contributed by atoms with Crippen molar-refractivity contribution in [2.24, 2.45) is 47.3 Å². The number of rotatable bonds is 10. The lowest BCUT2D eigenvalue weighted by Crippen LogP contribution is -2.57. The van der Waals surface area contributed by atoms with Crippen molar-refractivity contribution in [3.05, 3.63) is 48.6 Å². The maximum atomic E-state index is 13.2. The lowest BCUT2D eigenvalue weighted by Gasteiger charge is -2.48. The zero-order chi connectivity index (χ0) is 40.7. The summed E-state index contributed by atoms with van der Waals surface area (Å²) in [4.78, 5) is 26.3. The Hall–Kier alpha value is -2.42. The average molecular weight is 765 g/mol. The molecule has 2 saturated heterocycles. The molecule has 3 aliphatic rings. The summed E-state index contributed by atoms with van der Waals surface area (Å²) < 4.78 is 23.8. The van der Waals surface area contributed by atoms with E-state index in [-0.39, 0.29) is 24.7 Å². The minimum atomic E-state index is -1.80. The molecule has 0 aliphatic carbocycles. The van der Waals surface area contributed by atoms with Crippen LogP contribution in [0, 0.1) is 47.3 Å². The highest BCUT2D eigenvalue weighted by Gasteiger charge is 2.52. The summed E-state index contributed by atoms with van der Waals surface area (Å²) in [7, 11) is 0. The Labute approximate surface area is 321 Å². The van der Waals surface area contributed by atoms with E-state index < -0.39 is 108 Å². The number of cyclic esters (lactones) is 2. The molecule has 0 saturated carbocycles. The molecular weight excluding hydrogens is 696 g/mol. The van der Waals surface area contributed by atoms with Crippen LogP contribution in [0.3, 0.4) is 0 Å². The maximum Gasteiger partial charge on any atom is 0.331 e. The second kappa shape index (κ2) is 19.6. The summed E-state index contributed by atoms with van der Waals surface area (Å²) in [6.07, 6.45) is 6.83. The van der Waals surface area contributed by atoms with Gasteiger partial charge in [0, 0.05) is 72.3 Å². The molecule has 0 aromatic heterocycles. The molecule has 6 N–H and O–H groups in total. The van der Waals surface area contributed by atoms with Crippen molar-refractivity contribution >= 4 is 11.9 Å². The maximum absolute atomic E-state index is 13.2. The lowest BCUT2D eigenvalue weighted by molar-refractivity contribution is -0.321. The molecule has 18 atom stereocenters. The summed E-state index contributed by atoms with van der Waals surface area (Å²) in [5.74, 6) is -9.15. The smallest absolute Gasteiger partial charge is 0.331 e. The Kier molecular flexibility index (Phi) is 16.7. The van der Waals surface area contributed by atoms with Crippen LogP contribution in [0.4, 0.5) is 0 Å². The van der Waals surface area contributed by atoms with E-state index in [2.05, 4.69) is 0 Å². The molecule has 308 valence electrons. The monoisotopic (exact) mass is 764 g/mol. The molecule has 0 aromatic rings. The van der Waals surface area contributed by atoms with Crippen molar-refractivity contribution in [3.8, 4) is 0 Å². The molecular formula is C42H68O12. The molecule has 0 bridgehead atoms. The average Bonchev–Trinajstić information content (AvgIpc) is 3.10. The summed E-state index contributed by atoms with van der Waals surface area (Å²) in [6.45, 7) is 17.8. The fourth-order valence-corrected chi connectivity index (χ4v) is 8.77. The van der Waals surface area contributed by atoms with Gasteiger partial charge in [-0.1, -0.05) is 91.8 Å². The van der Waals surface area contributed by atoms with Crippen molar-refractivity contribution < 1.29 is 59.2 Å². The van der Waals surface area contributed by atoms with Crippen molar-refractivity contribution in [2.75, 3.05) is 0 Å². The second-order valence-electron chi connectivity index (χ2n) is 16.3. The van der Waals surface area contributed by atoms with Crippen molar-refractivity contribution in [3.63, 3.8) is 0 Å². The standard InChI is InChI=1S/C42H68O12/c1-11-31-29(9)53-41(49,21-33(31)43)27(7)37(47)25(5)39-23(3)17-13-15-20-36(46)52-40(24(4)18-14-16-19-35(45)51-39)26(6)38(48)28(8)42(50)22-34(44)32(12-2)30(10)54-42/h13-20,23-34,37-40,43-44,47-50H,11-12,21-22H2,1-10H3/b17-13+,18-14+,19-16+,20-15+/t23-,24-,25-,26-,27-,28-,29+,30+,31+,32+,33+,34+,37+,38+,39-,40-,41+,42+/m0/s1. The van der Waals surface area contributed by atoms with Gasteiger partial charge >= 0.3 is 11.9 Å². The van der Waals surface area contributed by atoms with Crippen LogP contribution in [0.5, 0.6) is 0 Å². The normalized spacial score (nSPS) is 43.0. The van der Waals surface area contributed by atoms with Gasteiger partial charge in [0.1, 0.15) is 12.2 Å². The third kappa shape index (κ3) is 10.9. The molecule has 3 rings (SSSR count). The Morgan fingerprint density at radius 3 is 1.28 bits per heavy atom. The van der Waals surface area contributed by atoms with E-state index >= 15 is 0 Å². The number of hydrogen-bond acceptors (Lipinski definition) is 12. The van der Waals surface area contributed by atoms with Crippen LogP contribution in [-0.2, 0) is 28.5 Å². The highest BCUT2D eigenvalue weighted by atomic mass is 16.6. The first-order chi connectivity index (χ1) is 25.2. The molecule has 0 amide bonds. The predicted octanol–water partition coefficient (Wildman–Crippen LogP) is 4.36. The summed E-state index contributed by atoms with van der Waals surface area (Å²) in [5, 5.41) is 67.5. The van der Waals surface area contributed by atoms with E-state index in [0.29, 0.717) is 12.8 Å². The summed E-state index contributed by atoms with van der Waals surface area (Å²) >= 11 is 0. The fourth-order valence-electron chi connectivity index (χ4n) is 8.77. The summed E-state index contributed by atoms with van der Waals surface area (Å²) in [6, 6.07) is 0. The SMILES string of the molecule is CC[C@H]1[C@H](O)C[C@](O)([C@@H](C)[C@H](O)[C@H](C)[C@H]2OC(=O)/C=C/C=C/[C@H](C)[C@@H]([C@@H](C)[C@@H](O)[C@H](C)[C@@]3(O)C[C@@H](O)[C@H](CC)[C@@H](C)O3)OC(=O)/C=C/C=C/[C@@H]2C)O[C@@H]1C. The molecule has 2 fully saturated rings. The number of esters is 2. The number of ether oxygens (including phenoxy) is 4. The van der Waals surface area contributed by atoms with Crippen LogP contribution in [0.1, 0.15) is 94.9 Å². The number of hydrogen-bond donors (Lipinski definition) is 6. The van der Waals surface area contributed by atoms with E-state index in [9.17, 15) is 40.2 Å². The number of aliphatic hydroxyl groups is 6. The molecule has 54 heavy (non-hydrogen) atoms. The number of aliphatic hydroxyl groups excluding tert-OH is 4. The number of carbonyl (C=O) groups excluding carboxylic acids is 2. The van der Waals surface area contributed by atoms with E-state index in [1.54, 1.807) is 79.7 Å². The fraction of sp³-hybridized carbons (Fsp3) is 0.762. The van der Waals surface area contributed by atoms with E-state index in [4.69, 9.17) is 18.9 Å². The van der Waals surface area contributed by atoms with Gasteiger partial charge in [0.25, 0.3) is 0 Å². The first-order valence-electron chi connectivity index (χ1n) is 19.8. The molecule has 12 nitrogen and oxygen atoms in total. The van der Waals surface area contributed by atoms with E-state index in [1.807, 2.05) is 13.8 Å². The van der Waals surface area contributed by atoms with Gasteiger partial charge < -0.3 is 49.6 Å². The zero-order valence-electron chi connectivity index (χ0n) is 33.8. The van der Waals surface area contributed by atoms with Crippen LogP contribution in [0.25, 0.3) is 0 Å². The van der Waals surface area contributed by atoms with Crippen molar-refractivity contribution in [1.82, 2.24) is 0 Å². The molecule has 0 unspecified atom stereocenters. The quantitative estimate of drug-likeness (QED) is 0.173. The largest absolute Gasteiger partial charge is 0.458 e. The van der Waals surface area contributed by atoms with Crippen molar-refractivity contribution in [2.45, 2.75) is 155 Å². The molecule has 0 radical (unpaired) electrons. The second-order valence-corrected chi connectivity index (χ2v) is 16.3. The van der Waals surface area contributed by atoms with Gasteiger partial charge in [-0.25, -0.2) is 9.59 Å². The van der Waals surface area contributed by atoms with Gasteiger partial charge in [-0.05, 0) is 26.7 Å². The highest BCUT2D eigenvalue weighted by molar-refractivity contribution is 5.83. The number of carbonyl (C=O) groups is 2. The first kappa shape index (κ1) is 46.0. The van der Waals surface area contributed by atoms with Crippen LogP contribution >= 0.6 is 0 Å².